The summed E-state index contributed by atoms with van der Waals surface area (Å²) in [6.45, 7) is 4.34. The lowest BCUT2D eigenvalue weighted by Gasteiger charge is -2.36. The van der Waals surface area contributed by atoms with Crippen LogP contribution in [0.3, 0.4) is 0 Å². The predicted molar refractivity (Wildman–Crippen MR) is 193 cm³/mol. The number of nitriles is 1. The minimum absolute atomic E-state index is 0.430. The predicted octanol–water partition coefficient (Wildman–Crippen LogP) is 11.1. The van der Waals surface area contributed by atoms with Crippen molar-refractivity contribution in [2.24, 2.45) is 0 Å². The van der Waals surface area contributed by atoms with Gasteiger partial charge in [-0.3, -0.25) is 0 Å². The van der Waals surface area contributed by atoms with E-state index in [-0.39, 0.29) is 0 Å². The molecule has 48 heavy (non-hydrogen) atoms. The SMILES string of the molecule is CC1(C)c2cccc(-c3ccccc3-c3ccccc3-c3cc(-c4ccccc4)nc(-c4ccccc4)n3)c2Oc2cccc(C#N)c21. The zero-order valence-corrected chi connectivity index (χ0v) is 26.7. The van der Waals surface area contributed by atoms with Crippen LogP contribution in [0.2, 0.25) is 0 Å². The normalized spacial score (nSPS) is 12.7. The molecule has 1 aliphatic heterocycles. The van der Waals surface area contributed by atoms with E-state index in [4.69, 9.17) is 14.7 Å². The van der Waals surface area contributed by atoms with Crippen LogP contribution in [0.15, 0.2) is 152 Å². The molecule has 0 fully saturated rings. The summed E-state index contributed by atoms with van der Waals surface area (Å²) in [5, 5.41) is 9.94. The Balaban J connectivity index is 1.32. The van der Waals surface area contributed by atoms with Gasteiger partial charge in [-0.05, 0) is 34.9 Å². The van der Waals surface area contributed by atoms with E-state index in [9.17, 15) is 5.26 Å². The second-order valence-corrected chi connectivity index (χ2v) is 12.5. The molecular weight excluding hydrogens is 587 g/mol. The molecule has 6 aromatic carbocycles. The van der Waals surface area contributed by atoms with Crippen LogP contribution in [0.1, 0.15) is 30.5 Å². The van der Waals surface area contributed by atoms with E-state index in [1.807, 2.05) is 66.7 Å². The van der Waals surface area contributed by atoms with Crippen molar-refractivity contribution in [1.29, 1.82) is 5.26 Å². The van der Waals surface area contributed by atoms with Crippen molar-refractivity contribution in [2.45, 2.75) is 19.3 Å². The molecule has 0 aliphatic carbocycles. The van der Waals surface area contributed by atoms with Gasteiger partial charge in [-0.1, -0.05) is 147 Å². The molecule has 1 aliphatic rings. The van der Waals surface area contributed by atoms with Gasteiger partial charge in [0.05, 0.1) is 23.0 Å². The molecule has 0 saturated carbocycles. The molecule has 1 aromatic heterocycles. The number of fused-ring (bicyclic) bond motifs is 2. The van der Waals surface area contributed by atoms with Gasteiger partial charge >= 0.3 is 0 Å². The summed E-state index contributed by atoms with van der Waals surface area (Å²) in [6, 6.07) is 53.8. The molecule has 4 nitrogen and oxygen atoms in total. The highest BCUT2D eigenvalue weighted by atomic mass is 16.5. The topological polar surface area (TPSA) is 58.8 Å². The molecule has 4 heteroatoms. The van der Waals surface area contributed by atoms with Crippen molar-refractivity contribution in [3.63, 3.8) is 0 Å². The van der Waals surface area contributed by atoms with E-state index in [0.717, 1.165) is 73.0 Å². The van der Waals surface area contributed by atoms with Crippen molar-refractivity contribution < 1.29 is 4.74 Å². The lowest BCUT2D eigenvalue weighted by Crippen LogP contribution is -2.26. The van der Waals surface area contributed by atoms with E-state index in [1.165, 1.54) is 0 Å². The molecular formula is C44H31N3O. The zero-order valence-electron chi connectivity index (χ0n) is 26.7. The van der Waals surface area contributed by atoms with E-state index >= 15 is 0 Å². The number of hydrogen-bond acceptors (Lipinski definition) is 4. The molecule has 2 heterocycles. The highest BCUT2D eigenvalue weighted by Gasteiger charge is 2.37. The molecule has 0 saturated heterocycles. The summed E-state index contributed by atoms with van der Waals surface area (Å²) in [7, 11) is 0. The molecule has 0 atom stereocenters. The summed E-state index contributed by atoms with van der Waals surface area (Å²) >= 11 is 0. The molecule has 0 N–H and O–H groups in total. The first-order chi connectivity index (χ1) is 23.5. The fraction of sp³-hybridized carbons (Fsp3) is 0.0682. The van der Waals surface area contributed by atoms with Gasteiger partial charge in [-0.15, -0.1) is 0 Å². The number of para-hydroxylation sites is 1. The van der Waals surface area contributed by atoms with Crippen LogP contribution in [0, 0.1) is 11.3 Å². The zero-order chi connectivity index (χ0) is 32.7. The van der Waals surface area contributed by atoms with Gasteiger partial charge in [0.1, 0.15) is 11.5 Å². The third-order valence-corrected chi connectivity index (χ3v) is 9.21. The van der Waals surface area contributed by atoms with Crippen LogP contribution in [0.5, 0.6) is 11.5 Å². The summed E-state index contributed by atoms with van der Waals surface area (Å²) in [4.78, 5) is 10.2. The molecule has 8 rings (SSSR count). The van der Waals surface area contributed by atoms with Gasteiger partial charge < -0.3 is 4.74 Å². The number of hydrogen-bond donors (Lipinski definition) is 0. The third kappa shape index (κ3) is 4.94. The van der Waals surface area contributed by atoms with Crippen LogP contribution in [-0.2, 0) is 5.41 Å². The largest absolute Gasteiger partial charge is 0.456 e. The summed E-state index contributed by atoms with van der Waals surface area (Å²) in [5.41, 5.74) is 11.1. The van der Waals surface area contributed by atoms with Crippen LogP contribution >= 0.6 is 0 Å². The third-order valence-electron chi connectivity index (χ3n) is 9.21. The van der Waals surface area contributed by atoms with E-state index in [0.29, 0.717) is 11.4 Å². The standard InChI is InChI=1S/C44H31N3O/c1-44(2)37-25-14-24-36(42(37)48-40-26-13-19-31(28-45)41(40)44)34-22-10-9-20-32(34)33-21-11-12-23-35(33)39-27-38(29-15-5-3-6-16-29)46-43(47-39)30-17-7-4-8-18-30/h3-27H,1-2H3. The molecule has 0 unspecified atom stereocenters. The summed E-state index contributed by atoms with van der Waals surface area (Å²) < 4.78 is 6.70. The minimum atomic E-state index is -0.430. The van der Waals surface area contributed by atoms with Gasteiger partial charge in [0, 0.05) is 38.8 Å². The van der Waals surface area contributed by atoms with Crippen molar-refractivity contribution in [3.05, 3.63) is 168 Å². The molecule has 0 amide bonds. The Morgan fingerprint density at radius 1 is 0.542 bits per heavy atom. The van der Waals surface area contributed by atoms with Gasteiger partial charge in [0.15, 0.2) is 5.82 Å². The molecule has 0 bridgehead atoms. The number of rotatable bonds is 5. The highest BCUT2D eigenvalue weighted by Crippen LogP contribution is 2.53. The van der Waals surface area contributed by atoms with Crippen LogP contribution in [0.25, 0.3) is 56.2 Å². The van der Waals surface area contributed by atoms with Crippen molar-refractivity contribution in [2.75, 3.05) is 0 Å². The number of aromatic nitrogens is 2. The Kier molecular flexibility index (Phi) is 7.16. The first-order valence-corrected chi connectivity index (χ1v) is 16.1. The molecule has 0 radical (unpaired) electrons. The highest BCUT2D eigenvalue weighted by molar-refractivity contribution is 5.93. The van der Waals surface area contributed by atoms with Crippen molar-refractivity contribution >= 4 is 0 Å². The second-order valence-electron chi connectivity index (χ2n) is 12.5. The first kappa shape index (κ1) is 29.1. The smallest absolute Gasteiger partial charge is 0.160 e. The van der Waals surface area contributed by atoms with Gasteiger partial charge in [-0.2, -0.15) is 5.26 Å². The van der Waals surface area contributed by atoms with Gasteiger partial charge in [0.25, 0.3) is 0 Å². The van der Waals surface area contributed by atoms with Gasteiger partial charge in [0.2, 0.25) is 0 Å². The van der Waals surface area contributed by atoms with E-state index in [1.54, 1.807) is 0 Å². The Morgan fingerprint density at radius 2 is 1.08 bits per heavy atom. The lowest BCUT2D eigenvalue weighted by atomic mass is 9.73. The Bertz CT molecular complexity index is 2300. The fourth-order valence-corrected chi connectivity index (χ4v) is 6.90. The van der Waals surface area contributed by atoms with Crippen LogP contribution in [0.4, 0.5) is 0 Å². The Morgan fingerprint density at radius 3 is 1.77 bits per heavy atom. The van der Waals surface area contributed by atoms with Crippen molar-refractivity contribution in [3.8, 4) is 73.7 Å². The maximum absolute atomic E-state index is 9.94. The minimum Gasteiger partial charge on any atom is -0.456 e. The Hall–Kier alpha value is -6.31. The molecule has 0 spiro atoms. The van der Waals surface area contributed by atoms with Gasteiger partial charge in [-0.25, -0.2) is 9.97 Å². The number of ether oxygens (including phenoxy) is 1. The average Bonchev–Trinajstić information content (AvgIpc) is 3.15. The number of nitrogens with zero attached hydrogens (tertiary/aromatic N) is 3. The average molecular weight is 618 g/mol. The quantitative estimate of drug-likeness (QED) is 0.193. The summed E-state index contributed by atoms with van der Waals surface area (Å²) in [6.07, 6.45) is 0. The van der Waals surface area contributed by atoms with E-state index in [2.05, 4.69) is 105 Å². The number of benzene rings is 6. The molecule has 228 valence electrons. The lowest BCUT2D eigenvalue weighted by molar-refractivity contribution is 0.419. The molecule has 7 aromatic rings. The van der Waals surface area contributed by atoms with Crippen molar-refractivity contribution in [1.82, 2.24) is 9.97 Å². The van der Waals surface area contributed by atoms with Crippen LogP contribution < -0.4 is 4.74 Å². The summed E-state index contributed by atoms with van der Waals surface area (Å²) in [5.74, 6) is 2.22. The maximum atomic E-state index is 9.94. The second kappa shape index (κ2) is 11.8. The monoisotopic (exact) mass is 617 g/mol. The van der Waals surface area contributed by atoms with E-state index < -0.39 is 5.41 Å². The van der Waals surface area contributed by atoms with Crippen LogP contribution in [-0.4, -0.2) is 9.97 Å². The fourth-order valence-electron chi connectivity index (χ4n) is 6.90. The maximum Gasteiger partial charge on any atom is 0.160 e. The first-order valence-electron chi connectivity index (χ1n) is 16.1. The Labute approximate surface area is 280 Å².